The number of hydrogen-bond donors (Lipinski definition) is 0. The van der Waals surface area contributed by atoms with Crippen LogP contribution in [0, 0.1) is 6.42 Å². The second-order valence-electron chi connectivity index (χ2n) is 2.66. The summed E-state index contributed by atoms with van der Waals surface area (Å²) in [5.41, 5.74) is 1.66. The van der Waals surface area contributed by atoms with Crippen molar-refractivity contribution in [1.29, 1.82) is 0 Å². The van der Waals surface area contributed by atoms with E-state index >= 15 is 0 Å². The predicted molar refractivity (Wildman–Crippen MR) is 41.1 cm³/mol. The Labute approximate surface area is 58.0 Å². The molecule has 0 bridgehead atoms. The molecule has 1 aliphatic rings. The van der Waals surface area contributed by atoms with E-state index in [2.05, 4.69) is 19.4 Å². The highest BCUT2D eigenvalue weighted by molar-refractivity contribution is 5.09. The summed E-state index contributed by atoms with van der Waals surface area (Å²) in [4.78, 5) is 0. The molecule has 0 atom stereocenters. The predicted octanol–water partition coefficient (Wildman–Crippen LogP) is 3.10. The van der Waals surface area contributed by atoms with Crippen molar-refractivity contribution in [1.82, 2.24) is 0 Å². The molecule has 0 fully saturated rings. The van der Waals surface area contributed by atoms with Gasteiger partial charge in [-0.15, -0.1) is 0 Å². The fraction of sp³-hybridized carbons (Fsp3) is 0.667. The number of rotatable bonds is 3. The molecule has 1 aliphatic carbocycles. The summed E-state index contributed by atoms with van der Waals surface area (Å²) in [6.45, 7) is 2.20. The maximum Gasteiger partial charge on any atom is -0.0289 e. The Bertz CT molecular complexity index is 101. The van der Waals surface area contributed by atoms with E-state index in [0.29, 0.717) is 0 Å². The maximum atomic E-state index is 2.40. The minimum absolute atomic E-state index is 1.22. The van der Waals surface area contributed by atoms with E-state index in [1.54, 1.807) is 5.57 Å². The van der Waals surface area contributed by atoms with Crippen molar-refractivity contribution in [3.8, 4) is 0 Å². The Morgan fingerprint density at radius 3 is 3.11 bits per heavy atom. The highest BCUT2D eigenvalue weighted by atomic mass is 14.1. The summed E-state index contributed by atoms with van der Waals surface area (Å²) in [6.07, 6.45) is 11.3. The molecule has 51 valence electrons. The van der Waals surface area contributed by atoms with Crippen molar-refractivity contribution in [2.24, 2.45) is 0 Å². The van der Waals surface area contributed by atoms with Gasteiger partial charge < -0.3 is 0 Å². The van der Waals surface area contributed by atoms with Crippen LogP contribution in [0.25, 0.3) is 0 Å². The molecule has 0 aliphatic heterocycles. The lowest BCUT2D eigenvalue weighted by molar-refractivity contribution is 0.869. The van der Waals surface area contributed by atoms with Gasteiger partial charge in [-0.25, -0.2) is 0 Å². The second-order valence-corrected chi connectivity index (χ2v) is 2.66. The summed E-state index contributed by atoms with van der Waals surface area (Å²) in [5, 5.41) is 0. The van der Waals surface area contributed by atoms with Crippen molar-refractivity contribution in [3.63, 3.8) is 0 Å². The average molecular weight is 123 g/mol. The topological polar surface area (TPSA) is 0 Å². The molecule has 0 saturated heterocycles. The zero-order valence-corrected chi connectivity index (χ0v) is 6.19. The van der Waals surface area contributed by atoms with Crippen LogP contribution in [0.15, 0.2) is 11.6 Å². The average Bonchev–Trinajstić information content (AvgIpc) is 2.34. The smallest absolute Gasteiger partial charge is 0.0289 e. The van der Waals surface area contributed by atoms with Crippen LogP contribution >= 0.6 is 0 Å². The van der Waals surface area contributed by atoms with Gasteiger partial charge in [0.05, 0.1) is 0 Å². The van der Waals surface area contributed by atoms with E-state index in [-0.39, 0.29) is 0 Å². The first-order chi connectivity index (χ1) is 4.43. The molecule has 1 rings (SSSR count). The molecular formula is C9H15. The quantitative estimate of drug-likeness (QED) is 0.506. The van der Waals surface area contributed by atoms with Crippen LogP contribution < -0.4 is 0 Å². The summed E-state index contributed by atoms with van der Waals surface area (Å²) in [7, 11) is 0. The highest BCUT2D eigenvalue weighted by Crippen LogP contribution is 2.21. The van der Waals surface area contributed by atoms with Crippen LogP contribution in [0.4, 0.5) is 0 Å². The molecular weight excluding hydrogens is 108 g/mol. The molecule has 0 N–H and O–H groups in total. The minimum atomic E-state index is 1.22. The van der Waals surface area contributed by atoms with Crippen molar-refractivity contribution >= 4 is 0 Å². The van der Waals surface area contributed by atoms with Gasteiger partial charge in [-0.2, -0.15) is 0 Å². The Morgan fingerprint density at radius 2 is 2.56 bits per heavy atom. The van der Waals surface area contributed by atoms with Crippen molar-refractivity contribution in [2.45, 2.75) is 39.0 Å². The van der Waals surface area contributed by atoms with Gasteiger partial charge in [-0.1, -0.05) is 25.0 Å². The van der Waals surface area contributed by atoms with Crippen LogP contribution in [-0.4, -0.2) is 0 Å². The molecule has 0 amide bonds. The van der Waals surface area contributed by atoms with Gasteiger partial charge in [0.1, 0.15) is 0 Å². The van der Waals surface area contributed by atoms with Gasteiger partial charge in [-0.3, -0.25) is 0 Å². The molecule has 0 aromatic carbocycles. The lowest BCUT2D eigenvalue weighted by atomic mass is 10.1. The van der Waals surface area contributed by atoms with Crippen molar-refractivity contribution in [3.05, 3.63) is 18.1 Å². The van der Waals surface area contributed by atoms with Gasteiger partial charge in [0.25, 0.3) is 0 Å². The standard InChI is InChI=1S/C9H15/c1-2-3-6-9-7-4-5-8-9/h3,7H,2,4-6,8H2,1H3. The Morgan fingerprint density at radius 1 is 1.67 bits per heavy atom. The zero-order chi connectivity index (χ0) is 6.53. The molecule has 0 aromatic heterocycles. The van der Waals surface area contributed by atoms with Gasteiger partial charge >= 0.3 is 0 Å². The fourth-order valence-corrected chi connectivity index (χ4v) is 1.25. The first kappa shape index (κ1) is 6.85. The molecule has 9 heavy (non-hydrogen) atoms. The van der Waals surface area contributed by atoms with Gasteiger partial charge in [0, 0.05) is 0 Å². The third kappa shape index (κ3) is 2.21. The van der Waals surface area contributed by atoms with Gasteiger partial charge in [-0.05, 0) is 32.1 Å². The SMILES string of the molecule is CC[CH]CC1=CCCC1. The van der Waals surface area contributed by atoms with Crippen LogP contribution in [0.1, 0.15) is 39.0 Å². The first-order valence-electron chi connectivity index (χ1n) is 3.93. The van der Waals surface area contributed by atoms with E-state index in [0.717, 1.165) is 0 Å². The third-order valence-electron chi connectivity index (χ3n) is 1.83. The number of unbranched alkanes of at least 4 members (excludes halogenated alkanes) is 1. The molecule has 0 heteroatoms. The lowest BCUT2D eigenvalue weighted by Gasteiger charge is -1.96. The van der Waals surface area contributed by atoms with Gasteiger partial charge in [0.2, 0.25) is 0 Å². The van der Waals surface area contributed by atoms with Crippen molar-refractivity contribution < 1.29 is 0 Å². The summed E-state index contributed by atoms with van der Waals surface area (Å²) in [6, 6.07) is 0. The zero-order valence-electron chi connectivity index (χ0n) is 6.19. The molecule has 0 aromatic rings. The van der Waals surface area contributed by atoms with Gasteiger partial charge in [0.15, 0.2) is 0 Å². The molecule has 0 unspecified atom stereocenters. The molecule has 1 radical (unpaired) electrons. The van der Waals surface area contributed by atoms with Crippen LogP contribution in [-0.2, 0) is 0 Å². The second kappa shape index (κ2) is 3.71. The van der Waals surface area contributed by atoms with E-state index in [1.807, 2.05) is 0 Å². The molecule has 0 spiro atoms. The third-order valence-corrected chi connectivity index (χ3v) is 1.83. The van der Waals surface area contributed by atoms with E-state index in [1.165, 1.54) is 32.1 Å². The number of hydrogen-bond acceptors (Lipinski definition) is 0. The fourth-order valence-electron chi connectivity index (χ4n) is 1.25. The minimum Gasteiger partial charge on any atom is -0.0853 e. The van der Waals surface area contributed by atoms with Crippen LogP contribution in [0.5, 0.6) is 0 Å². The van der Waals surface area contributed by atoms with Crippen LogP contribution in [0.2, 0.25) is 0 Å². The first-order valence-corrected chi connectivity index (χ1v) is 3.93. The summed E-state index contributed by atoms with van der Waals surface area (Å²) in [5.74, 6) is 0. The lowest BCUT2D eigenvalue weighted by Crippen LogP contribution is -1.77. The monoisotopic (exact) mass is 123 g/mol. The summed E-state index contributed by atoms with van der Waals surface area (Å²) < 4.78 is 0. The Hall–Kier alpha value is -0.260. The maximum absolute atomic E-state index is 2.40. The van der Waals surface area contributed by atoms with Crippen LogP contribution in [0.3, 0.4) is 0 Å². The van der Waals surface area contributed by atoms with E-state index < -0.39 is 0 Å². The van der Waals surface area contributed by atoms with Crippen molar-refractivity contribution in [2.75, 3.05) is 0 Å². The normalized spacial score (nSPS) is 18.1. The van der Waals surface area contributed by atoms with E-state index in [4.69, 9.17) is 0 Å². The molecule has 0 nitrogen and oxygen atoms in total. The number of allylic oxidation sites excluding steroid dienone is 2. The highest BCUT2D eigenvalue weighted by Gasteiger charge is 2.02. The molecule has 0 saturated carbocycles. The Balaban J connectivity index is 2.11. The molecule has 0 heterocycles. The van der Waals surface area contributed by atoms with E-state index in [9.17, 15) is 0 Å². The largest absolute Gasteiger partial charge is 0.0853 e. The summed E-state index contributed by atoms with van der Waals surface area (Å²) >= 11 is 0. The Kier molecular flexibility index (Phi) is 2.82.